The van der Waals surface area contributed by atoms with E-state index in [-0.39, 0.29) is 0 Å². The van der Waals surface area contributed by atoms with Gasteiger partial charge in [-0.15, -0.1) is 0 Å². The molecule has 2 N–H and O–H groups in total. The van der Waals surface area contributed by atoms with Crippen molar-refractivity contribution < 1.29 is 0 Å². The van der Waals surface area contributed by atoms with Crippen LogP contribution in [0.15, 0.2) is 30.5 Å². The first-order valence-corrected chi connectivity index (χ1v) is 6.67. The number of benzene rings is 1. The van der Waals surface area contributed by atoms with E-state index < -0.39 is 0 Å². The van der Waals surface area contributed by atoms with Crippen molar-refractivity contribution in [3.8, 4) is 0 Å². The Morgan fingerprint density at radius 2 is 2.00 bits per heavy atom. The number of rotatable bonds is 7. The summed E-state index contributed by atoms with van der Waals surface area (Å²) in [7, 11) is 0. The molecule has 0 spiro atoms. The number of aromatic amines is 1. The van der Waals surface area contributed by atoms with Crippen LogP contribution in [-0.4, -0.2) is 18.1 Å². The maximum atomic E-state index is 3.51. The summed E-state index contributed by atoms with van der Waals surface area (Å²) in [6.45, 7) is 4.47. The van der Waals surface area contributed by atoms with Gasteiger partial charge in [-0.1, -0.05) is 38.0 Å². The van der Waals surface area contributed by atoms with Crippen LogP contribution in [0.2, 0.25) is 0 Å². The van der Waals surface area contributed by atoms with Crippen LogP contribution in [0.1, 0.15) is 31.7 Å². The van der Waals surface area contributed by atoms with Crippen molar-refractivity contribution in [3.05, 3.63) is 36.0 Å². The van der Waals surface area contributed by atoms with E-state index in [2.05, 4.69) is 47.7 Å². The van der Waals surface area contributed by atoms with Gasteiger partial charge in [0, 0.05) is 17.1 Å². The molecule has 0 saturated heterocycles. The van der Waals surface area contributed by atoms with Gasteiger partial charge in [0.2, 0.25) is 0 Å². The molecule has 17 heavy (non-hydrogen) atoms. The van der Waals surface area contributed by atoms with Crippen molar-refractivity contribution in [2.75, 3.05) is 13.1 Å². The minimum atomic E-state index is 1.07. The highest BCUT2D eigenvalue weighted by Crippen LogP contribution is 2.17. The van der Waals surface area contributed by atoms with Gasteiger partial charge < -0.3 is 10.3 Å². The van der Waals surface area contributed by atoms with Crippen molar-refractivity contribution in [1.82, 2.24) is 10.3 Å². The van der Waals surface area contributed by atoms with E-state index in [1.807, 2.05) is 0 Å². The number of unbranched alkanes of at least 4 members (excludes halogenated alkanes) is 2. The molecule has 0 bridgehead atoms. The molecule has 1 aromatic carbocycles. The first-order valence-electron chi connectivity index (χ1n) is 6.67. The molecule has 2 nitrogen and oxygen atoms in total. The van der Waals surface area contributed by atoms with E-state index in [4.69, 9.17) is 0 Å². The number of para-hydroxylation sites is 1. The molecule has 0 amide bonds. The number of H-pyrrole nitrogens is 1. The molecule has 0 aliphatic carbocycles. The quantitative estimate of drug-likeness (QED) is 0.700. The molecule has 1 heterocycles. The highest BCUT2D eigenvalue weighted by molar-refractivity contribution is 5.83. The largest absolute Gasteiger partial charge is 0.361 e. The normalized spacial score (nSPS) is 11.1. The molecule has 0 saturated carbocycles. The van der Waals surface area contributed by atoms with E-state index >= 15 is 0 Å². The van der Waals surface area contributed by atoms with Crippen LogP contribution < -0.4 is 5.32 Å². The second-order valence-electron chi connectivity index (χ2n) is 4.57. The zero-order valence-corrected chi connectivity index (χ0v) is 10.6. The van der Waals surface area contributed by atoms with Crippen molar-refractivity contribution in [1.29, 1.82) is 0 Å². The summed E-state index contributed by atoms with van der Waals surface area (Å²) < 4.78 is 0. The van der Waals surface area contributed by atoms with Crippen LogP contribution >= 0.6 is 0 Å². The Balaban J connectivity index is 1.79. The topological polar surface area (TPSA) is 27.8 Å². The monoisotopic (exact) mass is 230 g/mol. The van der Waals surface area contributed by atoms with Crippen molar-refractivity contribution in [3.63, 3.8) is 0 Å². The standard InChI is InChI=1S/C15H22N2/c1-2-3-6-10-16-11-9-13-12-17-15-8-5-4-7-14(13)15/h4-5,7-8,12,16-17H,2-3,6,9-11H2,1H3. The third-order valence-corrected chi connectivity index (χ3v) is 3.20. The molecule has 0 aliphatic rings. The van der Waals surface area contributed by atoms with Gasteiger partial charge in [-0.05, 0) is 37.6 Å². The lowest BCUT2D eigenvalue weighted by Gasteiger charge is -2.03. The maximum Gasteiger partial charge on any atom is 0.0456 e. The molecule has 92 valence electrons. The Kier molecular flexibility index (Phi) is 4.63. The van der Waals surface area contributed by atoms with Gasteiger partial charge in [0.05, 0.1) is 0 Å². The van der Waals surface area contributed by atoms with Crippen LogP contribution in [0.5, 0.6) is 0 Å². The third-order valence-electron chi connectivity index (χ3n) is 3.20. The summed E-state index contributed by atoms with van der Waals surface area (Å²) in [6, 6.07) is 8.51. The van der Waals surface area contributed by atoms with E-state index in [1.54, 1.807) is 0 Å². The SMILES string of the molecule is CCCCCNCCc1c[nH]c2ccccc12. The molecule has 2 aromatic rings. The lowest BCUT2D eigenvalue weighted by molar-refractivity contribution is 0.617. The molecule has 0 atom stereocenters. The Morgan fingerprint density at radius 1 is 1.12 bits per heavy atom. The Labute approximate surface area is 103 Å². The number of hydrogen-bond acceptors (Lipinski definition) is 1. The lowest BCUT2D eigenvalue weighted by Crippen LogP contribution is -2.18. The molecule has 0 fully saturated rings. The summed E-state index contributed by atoms with van der Waals surface area (Å²) in [6.07, 6.45) is 7.17. The Bertz CT molecular complexity index is 445. The number of nitrogens with one attached hydrogen (secondary N) is 2. The van der Waals surface area contributed by atoms with Gasteiger partial charge in [0.15, 0.2) is 0 Å². The van der Waals surface area contributed by atoms with E-state index in [0.29, 0.717) is 0 Å². The van der Waals surface area contributed by atoms with E-state index in [9.17, 15) is 0 Å². The molecule has 2 heteroatoms. The first-order chi connectivity index (χ1) is 8.42. The molecule has 2 rings (SSSR count). The fourth-order valence-corrected chi connectivity index (χ4v) is 2.19. The first kappa shape index (κ1) is 12.2. The molecular weight excluding hydrogens is 208 g/mol. The van der Waals surface area contributed by atoms with Crippen LogP contribution in [0, 0.1) is 0 Å². The van der Waals surface area contributed by atoms with E-state index in [1.165, 1.54) is 35.7 Å². The molecule has 0 aliphatic heterocycles. The average Bonchev–Trinajstić information content (AvgIpc) is 2.77. The fourth-order valence-electron chi connectivity index (χ4n) is 2.19. The van der Waals surface area contributed by atoms with Crippen molar-refractivity contribution in [2.45, 2.75) is 32.6 Å². The maximum absolute atomic E-state index is 3.51. The summed E-state index contributed by atoms with van der Waals surface area (Å²) in [5, 5.41) is 4.87. The van der Waals surface area contributed by atoms with Crippen molar-refractivity contribution in [2.24, 2.45) is 0 Å². The van der Waals surface area contributed by atoms with Crippen molar-refractivity contribution >= 4 is 10.9 Å². The van der Waals surface area contributed by atoms with Gasteiger partial charge in [-0.2, -0.15) is 0 Å². The van der Waals surface area contributed by atoms with Gasteiger partial charge in [-0.3, -0.25) is 0 Å². The summed E-state index contributed by atoms with van der Waals surface area (Å²) in [4.78, 5) is 3.32. The lowest BCUT2D eigenvalue weighted by atomic mass is 10.1. The number of hydrogen-bond donors (Lipinski definition) is 2. The molecule has 1 aromatic heterocycles. The Hall–Kier alpha value is -1.28. The average molecular weight is 230 g/mol. The molecular formula is C15H22N2. The van der Waals surface area contributed by atoms with Crippen LogP contribution in [0.25, 0.3) is 10.9 Å². The summed E-state index contributed by atoms with van der Waals surface area (Å²) >= 11 is 0. The predicted octanol–water partition coefficient (Wildman–Crippen LogP) is 3.49. The molecule has 0 unspecified atom stereocenters. The zero-order chi connectivity index (χ0) is 11.9. The zero-order valence-electron chi connectivity index (χ0n) is 10.6. The van der Waals surface area contributed by atoms with Gasteiger partial charge in [0.25, 0.3) is 0 Å². The minimum Gasteiger partial charge on any atom is -0.361 e. The highest BCUT2D eigenvalue weighted by Gasteiger charge is 2.01. The van der Waals surface area contributed by atoms with Crippen LogP contribution in [-0.2, 0) is 6.42 Å². The smallest absolute Gasteiger partial charge is 0.0456 e. The van der Waals surface area contributed by atoms with E-state index in [0.717, 1.165) is 19.5 Å². The van der Waals surface area contributed by atoms with Gasteiger partial charge in [0.1, 0.15) is 0 Å². The highest BCUT2D eigenvalue weighted by atomic mass is 14.8. The third kappa shape index (κ3) is 3.34. The van der Waals surface area contributed by atoms with Crippen LogP contribution in [0.3, 0.4) is 0 Å². The number of fused-ring (bicyclic) bond motifs is 1. The summed E-state index contributed by atoms with van der Waals surface area (Å²) in [5.74, 6) is 0. The second-order valence-corrected chi connectivity index (χ2v) is 4.57. The fraction of sp³-hybridized carbons (Fsp3) is 0.467. The Morgan fingerprint density at radius 3 is 2.88 bits per heavy atom. The summed E-state index contributed by atoms with van der Waals surface area (Å²) in [5.41, 5.74) is 2.66. The number of aromatic nitrogens is 1. The minimum absolute atomic E-state index is 1.07. The van der Waals surface area contributed by atoms with Crippen LogP contribution in [0.4, 0.5) is 0 Å². The predicted molar refractivity (Wildman–Crippen MR) is 74.4 cm³/mol. The van der Waals surface area contributed by atoms with Gasteiger partial charge >= 0.3 is 0 Å². The molecule has 0 radical (unpaired) electrons. The second kappa shape index (κ2) is 6.45. The van der Waals surface area contributed by atoms with Gasteiger partial charge in [-0.25, -0.2) is 0 Å².